The van der Waals surface area contributed by atoms with Gasteiger partial charge >= 0.3 is 0 Å². The lowest BCUT2D eigenvalue weighted by Crippen LogP contribution is -2.08. The molecule has 0 bridgehead atoms. The Morgan fingerprint density at radius 1 is 1.38 bits per heavy atom. The summed E-state index contributed by atoms with van der Waals surface area (Å²) < 4.78 is 0. The molecule has 1 aliphatic heterocycles. The van der Waals surface area contributed by atoms with Crippen LogP contribution in [0.3, 0.4) is 0 Å². The molecule has 16 heavy (non-hydrogen) atoms. The van der Waals surface area contributed by atoms with E-state index in [9.17, 15) is 0 Å². The summed E-state index contributed by atoms with van der Waals surface area (Å²) in [5.41, 5.74) is 8.82. The maximum absolute atomic E-state index is 5.52. The molecule has 0 radical (unpaired) electrons. The number of hydrogen-bond acceptors (Lipinski definition) is 5. The molecule has 0 amide bonds. The number of hydrogen-bond donors (Lipinski definition) is 1. The van der Waals surface area contributed by atoms with Crippen molar-refractivity contribution in [3.8, 4) is 0 Å². The predicted octanol–water partition coefficient (Wildman–Crippen LogP) is 1.27. The van der Waals surface area contributed by atoms with Crippen LogP contribution in [0.15, 0.2) is 12.3 Å². The summed E-state index contributed by atoms with van der Waals surface area (Å²) in [6.07, 6.45) is 2.86. The number of aromatic nitrogens is 3. The smallest absolute Gasteiger partial charge is 0.163 e. The zero-order valence-corrected chi connectivity index (χ0v) is 9.63. The van der Waals surface area contributed by atoms with Crippen LogP contribution < -0.4 is 5.73 Å². The van der Waals surface area contributed by atoms with Crippen molar-refractivity contribution in [1.29, 1.82) is 0 Å². The summed E-state index contributed by atoms with van der Waals surface area (Å²) in [7, 11) is 0. The molecule has 4 nitrogen and oxygen atoms in total. The Morgan fingerprint density at radius 3 is 3.19 bits per heavy atom. The number of pyridine rings is 1. The summed E-state index contributed by atoms with van der Waals surface area (Å²) in [5, 5.41) is 1.01. The van der Waals surface area contributed by atoms with Crippen molar-refractivity contribution >= 4 is 22.8 Å². The molecule has 0 spiro atoms. The second kappa shape index (κ2) is 3.99. The Labute approximate surface area is 97.7 Å². The molecular weight excluding hydrogens is 220 g/mol. The van der Waals surface area contributed by atoms with Gasteiger partial charge in [0, 0.05) is 23.0 Å². The van der Waals surface area contributed by atoms with Gasteiger partial charge in [0.25, 0.3) is 0 Å². The molecule has 0 aliphatic carbocycles. The summed E-state index contributed by atoms with van der Waals surface area (Å²) in [4.78, 5) is 13.1. The lowest BCUT2D eigenvalue weighted by Gasteiger charge is -2.14. The Morgan fingerprint density at radius 2 is 2.31 bits per heavy atom. The highest BCUT2D eigenvalue weighted by atomic mass is 32.2. The van der Waals surface area contributed by atoms with Crippen molar-refractivity contribution < 1.29 is 0 Å². The standard InChI is InChI=1S/C11H12N4S/c12-4-10-13-5-7-3-8-6-16-2-1-9(8)14-11(7)15-10/h3,5H,1-2,4,6,12H2. The van der Waals surface area contributed by atoms with Gasteiger partial charge in [-0.2, -0.15) is 11.8 Å². The fourth-order valence-corrected chi connectivity index (χ4v) is 2.82. The predicted molar refractivity (Wildman–Crippen MR) is 65.1 cm³/mol. The van der Waals surface area contributed by atoms with Gasteiger partial charge < -0.3 is 5.73 Å². The van der Waals surface area contributed by atoms with E-state index >= 15 is 0 Å². The van der Waals surface area contributed by atoms with E-state index < -0.39 is 0 Å². The van der Waals surface area contributed by atoms with Crippen LogP contribution in [-0.2, 0) is 18.7 Å². The molecular formula is C11H12N4S. The number of rotatable bonds is 1. The van der Waals surface area contributed by atoms with Gasteiger partial charge in [-0.3, -0.25) is 0 Å². The molecule has 2 aromatic heterocycles. The first-order valence-corrected chi connectivity index (χ1v) is 6.44. The van der Waals surface area contributed by atoms with Crippen LogP contribution in [0.4, 0.5) is 0 Å². The van der Waals surface area contributed by atoms with Crippen LogP contribution in [0.1, 0.15) is 17.1 Å². The van der Waals surface area contributed by atoms with Gasteiger partial charge in [0.15, 0.2) is 5.65 Å². The van der Waals surface area contributed by atoms with Gasteiger partial charge in [0.05, 0.1) is 6.54 Å². The van der Waals surface area contributed by atoms with E-state index in [2.05, 4.69) is 21.0 Å². The highest BCUT2D eigenvalue weighted by molar-refractivity contribution is 7.98. The minimum absolute atomic E-state index is 0.366. The Bertz CT molecular complexity index is 541. The van der Waals surface area contributed by atoms with Crippen molar-refractivity contribution in [2.75, 3.05) is 5.75 Å². The zero-order chi connectivity index (χ0) is 11.0. The molecule has 0 fully saturated rings. The molecule has 82 valence electrons. The van der Waals surface area contributed by atoms with Gasteiger partial charge in [-0.15, -0.1) is 0 Å². The van der Waals surface area contributed by atoms with E-state index in [1.165, 1.54) is 11.3 Å². The van der Waals surface area contributed by atoms with Crippen molar-refractivity contribution in [3.63, 3.8) is 0 Å². The third-order valence-electron chi connectivity index (χ3n) is 2.71. The summed E-state index contributed by atoms with van der Waals surface area (Å²) in [6, 6.07) is 2.16. The van der Waals surface area contributed by atoms with E-state index in [1.807, 2.05) is 18.0 Å². The minimum atomic E-state index is 0.366. The van der Waals surface area contributed by atoms with Crippen LogP contribution in [0.2, 0.25) is 0 Å². The van der Waals surface area contributed by atoms with Crippen molar-refractivity contribution in [3.05, 3.63) is 29.3 Å². The molecule has 0 unspecified atom stereocenters. The van der Waals surface area contributed by atoms with Crippen LogP contribution in [0.25, 0.3) is 11.0 Å². The number of nitrogens with two attached hydrogens (primary N) is 1. The molecule has 5 heteroatoms. The Kier molecular flexibility index (Phi) is 2.49. The average Bonchev–Trinajstić information content (AvgIpc) is 2.35. The first kappa shape index (κ1) is 9.99. The number of aryl methyl sites for hydroxylation is 1. The highest BCUT2D eigenvalue weighted by Gasteiger charge is 2.12. The molecule has 1 aliphatic rings. The lowest BCUT2D eigenvalue weighted by atomic mass is 10.1. The van der Waals surface area contributed by atoms with E-state index in [-0.39, 0.29) is 0 Å². The van der Waals surface area contributed by atoms with Gasteiger partial charge in [-0.05, 0) is 23.8 Å². The number of fused-ring (bicyclic) bond motifs is 2. The summed E-state index contributed by atoms with van der Waals surface area (Å²) in [6.45, 7) is 0.366. The summed E-state index contributed by atoms with van der Waals surface area (Å²) in [5.74, 6) is 2.86. The van der Waals surface area contributed by atoms with Gasteiger partial charge in [-0.1, -0.05) is 0 Å². The van der Waals surface area contributed by atoms with E-state index in [0.717, 1.165) is 29.0 Å². The molecule has 2 N–H and O–H groups in total. The molecule has 3 rings (SSSR count). The second-order valence-electron chi connectivity index (χ2n) is 3.80. The van der Waals surface area contributed by atoms with Crippen LogP contribution in [0.5, 0.6) is 0 Å². The average molecular weight is 232 g/mol. The van der Waals surface area contributed by atoms with Gasteiger partial charge in [0.2, 0.25) is 0 Å². The maximum Gasteiger partial charge on any atom is 0.163 e. The lowest BCUT2D eigenvalue weighted by molar-refractivity contribution is 0.911. The quantitative estimate of drug-likeness (QED) is 0.802. The van der Waals surface area contributed by atoms with Crippen molar-refractivity contribution in [1.82, 2.24) is 15.0 Å². The second-order valence-corrected chi connectivity index (χ2v) is 4.91. The molecule has 0 aromatic carbocycles. The van der Waals surface area contributed by atoms with Crippen molar-refractivity contribution in [2.24, 2.45) is 5.73 Å². The van der Waals surface area contributed by atoms with E-state index in [1.54, 1.807) is 0 Å². The zero-order valence-electron chi connectivity index (χ0n) is 8.81. The van der Waals surface area contributed by atoms with Gasteiger partial charge in [-0.25, -0.2) is 15.0 Å². The number of thioether (sulfide) groups is 1. The topological polar surface area (TPSA) is 64.7 Å². The van der Waals surface area contributed by atoms with Crippen LogP contribution >= 0.6 is 11.8 Å². The molecule has 0 saturated carbocycles. The SMILES string of the molecule is NCc1ncc2cc3c(nc2n1)CCSC3. The van der Waals surface area contributed by atoms with Crippen molar-refractivity contribution in [2.45, 2.75) is 18.7 Å². The van der Waals surface area contributed by atoms with E-state index in [0.29, 0.717) is 12.4 Å². The maximum atomic E-state index is 5.52. The first-order valence-electron chi connectivity index (χ1n) is 5.29. The fraction of sp³-hybridized carbons (Fsp3) is 0.364. The third kappa shape index (κ3) is 1.66. The number of nitrogens with zero attached hydrogens (tertiary/aromatic N) is 3. The molecule has 0 atom stereocenters. The Hall–Kier alpha value is -1.20. The third-order valence-corrected chi connectivity index (χ3v) is 3.72. The molecule has 0 saturated heterocycles. The minimum Gasteiger partial charge on any atom is -0.324 e. The normalized spacial score (nSPS) is 15.1. The largest absolute Gasteiger partial charge is 0.324 e. The summed E-state index contributed by atoms with van der Waals surface area (Å²) >= 11 is 1.95. The van der Waals surface area contributed by atoms with E-state index in [4.69, 9.17) is 5.73 Å². The fourth-order valence-electron chi connectivity index (χ4n) is 1.87. The highest BCUT2D eigenvalue weighted by Crippen LogP contribution is 2.25. The van der Waals surface area contributed by atoms with Gasteiger partial charge in [0.1, 0.15) is 5.82 Å². The first-order chi connectivity index (χ1) is 7.86. The Balaban J connectivity index is 2.19. The molecule has 2 aromatic rings. The molecule has 3 heterocycles. The van der Waals surface area contributed by atoms with Crippen LogP contribution in [-0.4, -0.2) is 20.7 Å². The van der Waals surface area contributed by atoms with Crippen LogP contribution in [0, 0.1) is 0 Å². The monoisotopic (exact) mass is 232 g/mol.